The number of rotatable bonds is 9. The minimum Gasteiger partial charge on any atom is -0.464 e. The molecule has 2 unspecified atom stereocenters. The van der Waals surface area contributed by atoms with E-state index in [-0.39, 0.29) is 26.1 Å². The SMILES string of the molecule is C=CCC(CCCOC(=O)C(C)OC)C(C)=O.[B]. The minimum absolute atomic E-state index is 0. The van der Waals surface area contributed by atoms with Crippen LogP contribution in [-0.2, 0) is 19.1 Å². The zero-order valence-corrected chi connectivity index (χ0v) is 11.5. The van der Waals surface area contributed by atoms with Gasteiger partial charge in [0.15, 0.2) is 6.10 Å². The minimum atomic E-state index is -0.535. The lowest BCUT2D eigenvalue weighted by molar-refractivity contribution is -0.154. The summed E-state index contributed by atoms with van der Waals surface area (Å²) < 4.78 is 9.83. The first-order valence-corrected chi connectivity index (χ1v) is 5.83. The number of methoxy groups -OCH3 is 1. The van der Waals surface area contributed by atoms with Gasteiger partial charge in [-0.25, -0.2) is 4.79 Å². The van der Waals surface area contributed by atoms with Gasteiger partial charge in [0.05, 0.1) is 6.61 Å². The summed E-state index contributed by atoms with van der Waals surface area (Å²) >= 11 is 0. The number of Topliss-reactive ketones (excluding diaryl/α,β-unsaturated/α-hetero) is 1. The van der Waals surface area contributed by atoms with E-state index in [4.69, 9.17) is 9.47 Å². The van der Waals surface area contributed by atoms with Crippen molar-refractivity contribution in [2.24, 2.45) is 5.92 Å². The van der Waals surface area contributed by atoms with E-state index in [0.29, 0.717) is 19.4 Å². The van der Waals surface area contributed by atoms with E-state index in [1.807, 2.05) is 0 Å². The molecule has 0 aromatic carbocycles. The third-order valence-corrected chi connectivity index (χ3v) is 2.65. The van der Waals surface area contributed by atoms with E-state index in [2.05, 4.69) is 6.58 Å². The van der Waals surface area contributed by atoms with Crippen LogP contribution in [0.4, 0.5) is 0 Å². The van der Waals surface area contributed by atoms with Crippen LogP contribution in [-0.4, -0.2) is 40.0 Å². The Hall–Kier alpha value is -1.10. The van der Waals surface area contributed by atoms with E-state index in [9.17, 15) is 9.59 Å². The molecule has 5 heteroatoms. The highest BCUT2D eigenvalue weighted by atomic mass is 16.6. The summed E-state index contributed by atoms with van der Waals surface area (Å²) in [6.45, 7) is 7.16. The lowest BCUT2D eigenvalue weighted by atomic mass is 9.96. The average molecular weight is 253 g/mol. The number of carbonyl (C=O) groups is 2. The maximum absolute atomic E-state index is 11.2. The summed E-state index contributed by atoms with van der Waals surface area (Å²) in [6.07, 6.45) is 3.28. The Labute approximate surface area is 111 Å². The maximum Gasteiger partial charge on any atom is 0.334 e. The van der Waals surface area contributed by atoms with Crippen molar-refractivity contribution in [3.8, 4) is 0 Å². The van der Waals surface area contributed by atoms with Crippen molar-refractivity contribution >= 4 is 20.2 Å². The second-order valence-electron chi connectivity index (χ2n) is 4.02. The molecule has 0 aromatic heterocycles. The van der Waals surface area contributed by atoms with E-state index in [0.717, 1.165) is 6.42 Å². The van der Waals surface area contributed by atoms with Crippen LogP contribution in [0.2, 0.25) is 0 Å². The van der Waals surface area contributed by atoms with E-state index in [1.165, 1.54) is 7.11 Å². The van der Waals surface area contributed by atoms with Crippen LogP contribution in [0.15, 0.2) is 12.7 Å². The summed E-state index contributed by atoms with van der Waals surface area (Å²) in [5, 5.41) is 0. The van der Waals surface area contributed by atoms with Gasteiger partial charge in [0.25, 0.3) is 0 Å². The molecule has 2 atom stereocenters. The molecule has 0 amide bonds. The first-order valence-electron chi connectivity index (χ1n) is 5.83. The molecule has 3 radical (unpaired) electrons. The molecule has 0 aliphatic carbocycles. The molecule has 0 fully saturated rings. The van der Waals surface area contributed by atoms with Crippen LogP contribution in [0.3, 0.4) is 0 Å². The van der Waals surface area contributed by atoms with Crippen molar-refractivity contribution in [3.05, 3.63) is 12.7 Å². The smallest absolute Gasteiger partial charge is 0.334 e. The number of carbonyl (C=O) groups excluding carboxylic acids is 2. The largest absolute Gasteiger partial charge is 0.464 e. The van der Waals surface area contributed by atoms with Gasteiger partial charge in [-0.05, 0) is 33.1 Å². The molecular formula is C13H22BO4. The Morgan fingerprint density at radius 3 is 2.44 bits per heavy atom. The van der Waals surface area contributed by atoms with Crippen LogP contribution >= 0.6 is 0 Å². The van der Waals surface area contributed by atoms with Gasteiger partial charge in [-0.2, -0.15) is 0 Å². The van der Waals surface area contributed by atoms with Gasteiger partial charge in [-0.3, -0.25) is 4.79 Å². The highest BCUT2D eigenvalue weighted by Crippen LogP contribution is 2.13. The molecule has 0 aromatic rings. The van der Waals surface area contributed by atoms with Crippen molar-refractivity contribution in [2.75, 3.05) is 13.7 Å². The normalized spacial score (nSPS) is 13.1. The maximum atomic E-state index is 11.2. The van der Waals surface area contributed by atoms with Gasteiger partial charge in [0.2, 0.25) is 0 Å². The Balaban J connectivity index is 0. The molecule has 0 heterocycles. The Morgan fingerprint density at radius 2 is 2.00 bits per heavy atom. The first kappa shape index (κ1) is 19.2. The third kappa shape index (κ3) is 8.06. The Morgan fingerprint density at radius 1 is 1.39 bits per heavy atom. The summed E-state index contributed by atoms with van der Waals surface area (Å²) in [5.41, 5.74) is 0. The molecule has 0 saturated heterocycles. The standard InChI is InChI=1S/C13H22O4.B/c1-5-7-12(10(2)14)8-6-9-17-13(15)11(3)16-4;/h5,11-12H,1,6-9H2,2-4H3;. The highest BCUT2D eigenvalue weighted by molar-refractivity contribution is 5.78. The molecule has 0 saturated carbocycles. The van der Waals surface area contributed by atoms with Crippen molar-refractivity contribution in [3.63, 3.8) is 0 Å². The predicted molar refractivity (Wildman–Crippen MR) is 71.4 cm³/mol. The van der Waals surface area contributed by atoms with Crippen LogP contribution < -0.4 is 0 Å². The zero-order valence-electron chi connectivity index (χ0n) is 11.5. The van der Waals surface area contributed by atoms with E-state index >= 15 is 0 Å². The molecule has 0 bridgehead atoms. The molecule has 101 valence electrons. The predicted octanol–water partition coefficient (Wildman–Crippen LogP) is 1.75. The second kappa shape index (κ2) is 11.0. The molecular weight excluding hydrogens is 231 g/mol. The van der Waals surface area contributed by atoms with Crippen molar-refractivity contribution < 1.29 is 19.1 Å². The molecule has 4 nitrogen and oxygen atoms in total. The summed E-state index contributed by atoms with van der Waals surface area (Å²) in [7, 11) is 1.46. The van der Waals surface area contributed by atoms with Gasteiger partial charge >= 0.3 is 5.97 Å². The van der Waals surface area contributed by atoms with E-state index in [1.54, 1.807) is 19.9 Å². The van der Waals surface area contributed by atoms with Gasteiger partial charge < -0.3 is 9.47 Å². The van der Waals surface area contributed by atoms with Crippen LogP contribution in [0.25, 0.3) is 0 Å². The van der Waals surface area contributed by atoms with Gasteiger partial charge in [-0.1, -0.05) is 6.08 Å². The van der Waals surface area contributed by atoms with E-state index < -0.39 is 6.10 Å². The Kier molecular flexibility index (Phi) is 11.8. The second-order valence-corrected chi connectivity index (χ2v) is 4.02. The molecule has 0 N–H and O–H groups in total. The molecule has 18 heavy (non-hydrogen) atoms. The monoisotopic (exact) mass is 253 g/mol. The molecule has 0 aliphatic heterocycles. The van der Waals surface area contributed by atoms with Crippen LogP contribution in [0, 0.1) is 5.92 Å². The zero-order chi connectivity index (χ0) is 13.3. The fourth-order valence-electron chi connectivity index (χ4n) is 1.40. The lowest BCUT2D eigenvalue weighted by Crippen LogP contribution is -2.22. The fourth-order valence-corrected chi connectivity index (χ4v) is 1.40. The Bertz CT molecular complexity index is 266. The quantitative estimate of drug-likeness (QED) is 0.272. The van der Waals surface area contributed by atoms with Crippen LogP contribution in [0.1, 0.15) is 33.1 Å². The van der Waals surface area contributed by atoms with Gasteiger partial charge in [0.1, 0.15) is 5.78 Å². The molecule has 0 rings (SSSR count). The number of ketones is 1. The van der Waals surface area contributed by atoms with Gasteiger partial charge in [0, 0.05) is 21.4 Å². The van der Waals surface area contributed by atoms with Crippen LogP contribution in [0.5, 0.6) is 0 Å². The number of esters is 1. The number of hydrogen-bond acceptors (Lipinski definition) is 4. The first-order chi connectivity index (χ1) is 8.02. The number of hydrogen-bond donors (Lipinski definition) is 0. The summed E-state index contributed by atoms with van der Waals surface area (Å²) in [5.74, 6) is -0.219. The highest BCUT2D eigenvalue weighted by Gasteiger charge is 2.14. The fraction of sp³-hybridized carbons (Fsp3) is 0.692. The average Bonchev–Trinajstić information content (AvgIpc) is 2.31. The van der Waals surface area contributed by atoms with Crippen molar-refractivity contribution in [2.45, 2.75) is 39.2 Å². The summed E-state index contributed by atoms with van der Waals surface area (Å²) in [6, 6.07) is 0. The number of ether oxygens (including phenoxy) is 2. The number of allylic oxidation sites excluding steroid dienone is 1. The lowest BCUT2D eigenvalue weighted by Gasteiger charge is -2.12. The topological polar surface area (TPSA) is 52.6 Å². The molecule has 0 aliphatic rings. The van der Waals surface area contributed by atoms with Gasteiger partial charge in [-0.15, -0.1) is 6.58 Å². The van der Waals surface area contributed by atoms with Crippen molar-refractivity contribution in [1.82, 2.24) is 0 Å². The molecule has 0 spiro atoms. The van der Waals surface area contributed by atoms with Crippen molar-refractivity contribution in [1.29, 1.82) is 0 Å². The third-order valence-electron chi connectivity index (χ3n) is 2.65. The summed E-state index contributed by atoms with van der Waals surface area (Å²) in [4.78, 5) is 22.5.